The summed E-state index contributed by atoms with van der Waals surface area (Å²) in [6, 6.07) is 3.95. The van der Waals surface area contributed by atoms with E-state index in [4.69, 9.17) is 48.7 Å². The van der Waals surface area contributed by atoms with Crippen LogP contribution in [-0.4, -0.2) is 44.0 Å². The molecule has 0 atom stereocenters. The molecule has 20 nitrogen and oxygen atoms in total. The average Bonchev–Trinajstić information content (AvgIpc) is 3.35. The van der Waals surface area contributed by atoms with E-state index in [1.807, 2.05) is 39.8 Å². The van der Waals surface area contributed by atoms with Crippen molar-refractivity contribution in [3.05, 3.63) is 47.6 Å². The first kappa shape index (κ1) is 43.8. The number of aryl methyl sites for hydroxylation is 4. The van der Waals surface area contributed by atoms with Crippen LogP contribution in [0.25, 0.3) is 11.6 Å². The summed E-state index contributed by atoms with van der Waals surface area (Å²) in [7, 11) is -9.89. The first-order valence-electron chi connectivity index (χ1n) is 9.37. The molecule has 0 unspecified atom stereocenters. The fraction of sp³-hybridized carbons (Fsp3) is 0.375. The molecule has 1 radical (unpaired) electrons. The summed E-state index contributed by atoms with van der Waals surface area (Å²) < 4.78 is 71.4. The molecule has 4 aromatic rings. The predicted octanol–water partition coefficient (Wildman–Crippen LogP) is -12.7. The third-order valence-electron chi connectivity index (χ3n) is 3.28. The number of hydrogen-bond donors (Lipinski definition) is 2. The third-order valence-corrected chi connectivity index (χ3v) is 3.28. The smallest absolute Gasteiger partial charge is 0.412 e. The quantitative estimate of drug-likeness (QED) is 0.142. The van der Waals surface area contributed by atoms with Gasteiger partial charge in [0.2, 0.25) is 0 Å². The molecule has 0 saturated heterocycles. The van der Waals surface area contributed by atoms with Crippen LogP contribution in [0.4, 0.5) is 0 Å². The van der Waals surface area contributed by atoms with Gasteiger partial charge in [0.05, 0.1) is 11.4 Å². The molecule has 0 amide bonds. The summed E-state index contributed by atoms with van der Waals surface area (Å²) in [6.45, 7) is 9.05. The first-order chi connectivity index (χ1) is 16.5. The second kappa shape index (κ2) is 20.6. The number of nitrogens with two attached hydrogens (primary N) is 2. The van der Waals surface area contributed by atoms with Crippen molar-refractivity contribution < 1.29 is 94.8 Å². The van der Waals surface area contributed by atoms with Crippen LogP contribution < -0.4 is 68.0 Å². The summed E-state index contributed by atoms with van der Waals surface area (Å²) in [5, 5.41) is 8.00. The van der Waals surface area contributed by atoms with E-state index in [9.17, 15) is 0 Å². The zero-order valence-electron chi connectivity index (χ0n) is 20.8. The van der Waals surface area contributed by atoms with E-state index in [2.05, 4.69) is 30.1 Å². The van der Waals surface area contributed by atoms with Crippen molar-refractivity contribution in [1.82, 2.24) is 30.1 Å². The Labute approximate surface area is 236 Å². The number of aromatic nitrogens is 8. The van der Waals surface area contributed by atoms with Gasteiger partial charge >= 0.3 is 17.1 Å². The first-order valence-corrected chi connectivity index (χ1v) is 11.8. The van der Waals surface area contributed by atoms with E-state index in [0.29, 0.717) is 24.6 Å². The topological polar surface area (TPSA) is 387 Å². The molecule has 0 bridgehead atoms. The van der Waals surface area contributed by atoms with E-state index in [0.717, 1.165) is 22.8 Å². The zero-order chi connectivity index (χ0) is 28.1. The van der Waals surface area contributed by atoms with Gasteiger partial charge in [-0.15, -0.1) is 30.5 Å². The maximum absolute atomic E-state index is 8.49. The summed E-state index contributed by atoms with van der Waals surface area (Å²) in [4.78, 5) is 16.3. The minimum absolute atomic E-state index is 0. The molecule has 0 aliphatic rings. The Morgan fingerprint density at radius 2 is 0.923 bits per heavy atom. The molecule has 23 heteroatoms. The molecule has 0 fully saturated rings. The molecular weight excluding hydrogens is 627 g/mol. The molecule has 8 N–H and O–H groups in total. The number of fused-ring (bicyclic) bond motifs is 2. The van der Waals surface area contributed by atoms with Crippen LogP contribution in [-0.2, 0) is 17.1 Å². The second-order valence-electron chi connectivity index (χ2n) is 6.35. The minimum Gasteiger partial charge on any atom is -0.412 e. The van der Waals surface area contributed by atoms with E-state index >= 15 is 0 Å². The second-order valence-corrected chi connectivity index (χ2v) is 7.87. The van der Waals surface area contributed by atoms with Crippen LogP contribution >= 0.6 is 0 Å². The molecule has 0 saturated carbocycles. The molecule has 39 heavy (non-hydrogen) atoms. The predicted molar refractivity (Wildman–Crippen MR) is 101 cm³/mol. The Morgan fingerprint density at radius 1 is 0.667 bits per heavy atom. The fourth-order valence-corrected chi connectivity index (χ4v) is 2.23. The van der Waals surface area contributed by atoms with Crippen molar-refractivity contribution in [3.63, 3.8) is 0 Å². The van der Waals surface area contributed by atoms with Crippen LogP contribution in [0.5, 0.6) is 0 Å². The van der Waals surface area contributed by atoms with Crippen LogP contribution in [0, 0.1) is 48.2 Å². The number of nitrogens with zero attached hydrogens (tertiary/aromatic N) is 8. The molecule has 0 aliphatic carbocycles. The Kier molecular flexibility index (Phi) is 23.1. The maximum atomic E-state index is 8.49. The summed E-state index contributed by atoms with van der Waals surface area (Å²) in [6.07, 6.45) is 3.02. The Balaban J connectivity index is -0.000000206. The number of halogens is 2. The van der Waals surface area contributed by atoms with E-state index < -0.39 is 20.5 Å². The normalized spacial score (nSPS) is 9.90. The van der Waals surface area contributed by atoms with E-state index in [1.54, 1.807) is 9.03 Å². The maximum Gasteiger partial charge on any atom is 2.00 e. The Bertz CT molecular complexity index is 1090. The summed E-state index contributed by atoms with van der Waals surface area (Å²) >= 11 is 0. The van der Waals surface area contributed by atoms with Crippen LogP contribution in [0.15, 0.2) is 24.8 Å². The summed E-state index contributed by atoms with van der Waals surface area (Å²) in [5.74, 6) is 1.34. The standard InChI is InChI=1S/2C7H8N4.C2H8N2.2ClHO4.Cu.2H2O/c2*1-5-3-6(2)11-7(10-5)8-4-9-11;3-1-2-4;2*2-1(3,4)5;;;/h2*3-4H,1-2H3;1-4H2;2*(H,2,3,4,5);;2*1H2/q;;;;;+2;;/p-2. The van der Waals surface area contributed by atoms with Crippen molar-refractivity contribution in [1.29, 1.82) is 0 Å². The van der Waals surface area contributed by atoms with Gasteiger partial charge in [0.25, 0.3) is 11.6 Å². The van der Waals surface area contributed by atoms with Gasteiger partial charge < -0.3 is 42.6 Å². The molecule has 4 aromatic heterocycles. The van der Waals surface area contributed by atoms with Crippen LogP contribution in [0.1, 0.15) is 22.8 Å². The van der Waals surface area contributed by atoms with Crippen molar-refractivity contribution in [2.24, 2.45) is 11.5 Å². The summed E-state index contributed by atoms with van der Waals surface area (Å²) in [5.41, 5.74) is 13.9. The van der Waals surface area contributed by atoms with Gasteiger partial charge in [-0.2, -0.15) is 0 Å². The Morgan fingerprint density at radius 3 is 1.15 bits per heavy atom. The monoisotopic (exact) mass is 653 g/mol. The van der Waals surface area contributed by atoms with Gasteiger partial charge in [0.1, 0.15) is 11.4 Å². The zero-order valence-corrected chi connectivity index (χ0v) is 23.2. The molecular formula is C16H28Cl2CuN10O10. The number of hydrogen-bond acceptors (Lipinski definition) is 14. The van der Waals surface area contributed by atoms with E-state index in [1.165, 1.54) is 12.7 Å². The number of rotatable bonds is 1. The van der Waals surface area contributed by atoms with Crippen molar-refractivity contribution in [2.45, 2.75) is 27.7 Å². The molecule has 0 spiro atoms. The SMILES string of the molecule is Cc1cc(C)[n+]2[n-]cnc2n1.Cc1cc(C)[n+]2[n-]cnc2n1.NCCN.O.O.[Cu+2].[O-][Cl+3]([O-])([O-])[O-].[O-][Cl+3]([O-])([O-])[O-]. The molecule has 0 aliphatic heterocycles. The Hall–Kier alpha value is -2.28. The van der Waals surface area contributed by atoms with Crippen molar-refractivity contribution in [3.8, 4) is 0 Å². The molecule has 4 heterocycles. The van der Waals surface area contributed by atoms with Gasteiger partial charge in [0, 0.05) is 25.2 Å². The van der Waals surface area contributed by atoms with Crippen LogP contribution in [0.3, 0.4) is 0 Å². The minimum atomic E-state index is -4.94. The van der Waals surface area contributed by atoms with Gasteiger partial charge in [-0.25, -0.2) is 46.3 Å². The molecule has 0 aromatic carbocycles. The third kappa shape index (κ3) is 22.3. The largest absolute Gasteiger partial charge is 2.00 e. The van der Waals surface area contributed by atoms with Gasteiger partial charge in [-0.05, 0) is 27.7 Å². The van der Waals surface area contributed by atoms with Gasteiger partial charge in [-0.1, -0.05) is 12.7 Å². The molecule has 227 valence electrons. The van der Waals surface area contributed by atoms with E-state index in [-0.39, 0.29) is 28.0 Å². The van der Waals surface area contributed by atoms with Gasteiger partial charge in [-0.3, -0.25) is 0 Å². The molecule has 4 rings (SSSR count). The average molecular weight is 655 g/mol. The fourth-order valence-electron chi connectivity index (χ4n) is 2.23. The van der Waals surface area contributed by atoms with Crippen LogP contribution in [0.2, 0.25) is 0 Å². The van der Waals surface area contributed by atoms with Crippen molar-refractivity contribution >= 4 is 11.6 Å². The van der Waals surface area contributed by atoms with Gasteiger partial charge in [0.15, 0.2) is 0 Å². The van der Waals surface area contributed by atoms with Crippen molar-refractivity contribution in [2.75, 3.05) is 13.1 Å².